The summed E-state index contributed by atoms with van der Waals surface area (Å²) in [6.07, 6.45) is 2.08. The van der Waals surface area contributed by atoms with Gasteiger partial charge < -0.3 is 10.6 Å². The SMILES string of the molecule is CSC(C)CNC(=O)C1C2CNCC21. The van der Waals surface area contributed by atoms with E-state index in [4.69, 9.17) is 0 Å². The van der Waals surface area contributed by atoms with E-state index >= 15 is 0 Å². The van der Waals surface area contributed by atoms with Crippen molar-refractivity contribution in [2.24, 2.45) is 17.8 Å². The Hall–Kier alpha value is -0.220. The zero-order valence-corrected chi connectivity index (χ0v) is 9.56. The quantitative estimate of drug-likeness (QED) is 0.708. The summed E-state index contributed by atoms with van der Waals surface area (Å²) in [7, 11) is 0. The molecule has 1 aliphatic heterocycles. The molecule has 2 rings (SSSR count). The summed E-state index contributed by atoms with van der Waals surface area (Å²) in [5.41, 5.74) is 0. The van der Waals surface area contributed by atoms with Crippen molar-refractivity contribution in [1.82, 2.24) is 10.6 Å². The predicted molar refractivity (Wildman–Crippen MR) is 59.3 cm³/mol. The van der Waals surface area contributed by atoms with Crippen LogP contribution in [0.25, 0.3) is 0 Å². The smallest absolute Gasteiger partial charge is 0.223 e. The molecule has 2 aliphatic rings. The number of hydrogen-bond acceptors (Lipinski definition) is 3. The Morgan fingerprint density at radius 1 is 1.57 bits per heavy atom. The average molecular weight is 214 g/mol. The largest absolute Gasteiger partial charge is 0.355 e. The van der Waals surface area contributed by atoms with Crippen LogP contribution in [0.3, 0.4) is 0 Å². The van der Waals surface area contributed by atoms with E-state index in [1.807, 2.05) is 0 Å². The van der Waals surface area contributed by atoms with Gasteiger partial charge in [0.15, 0.2) is 0 Å². The molecule has 3 unspecified atom stereocenters. The molecule has 0 spiro atoms. The van der Waals surface area contributed by atoms with Gasteiger partial charge in [0.1, 0.15) is 0 Å². The molecule has 1 saturated carbocycles. The first-order chi connectivity index (χ1) is 6.74. The second kappa shape index (κ2) is 4.11. The first-order valence-electron chi connectivity index (χ1n) is 5.25. The lowest BCUT2D eigenvalue weighted by Gasteiger charge is -2.10. The van der Waals surface area contributed by atoms with Crippen LogP contribution in [0.2, 0.25) is 0 Å². The zero-order valence-electron chi connectivity index (χ0n) is 8.75. The predicted octanol–water partition coefficient (Wildman–Crippen LogP) is 0.320. The maximum absolute atomic E-state index is 11.7. The number of piperidine rings is 1. The average Bonchev–Trinajstić information content (AvgIpc) is 2.68. The number of carbonyl (C=O) groups excluding carboxylic acids is 1. The normalized spacial score (nSPS) is 36.3. The van der Waals surface area contributed by atoms with Crippen LogP contribution in [0.5, 0.6) is 0 Å². The summed E-state index contributed by atoms with van der Waals surface area (Å²) in [5.74, 6) is 1.88. The van der Waals surface area contributed by atoms with Crippen LogP contribution in [0, 0.1) is 17.8 Å². The Morgan fingerprint density at radius 3 is 2.79 bits per heavy atom. The molecular formula is C10H18N2OS. The Morgan fingerprint density at radius 2 is 2.21 bits per heavy atom. The minimum Gasteiger partial charge on any atom is -0.355 e. The molecule has 4 heteroatoms. The van der Waals surface area contributed by atoms with Gasteiger partial charge in [-0.2, -0.15) is 11.8 Å². The highest BCUT2D eigenvalue weighted by atomic mass is 32.2. The fourth-order valence-corrected chi connectivity index (χ4v) is 2.50. The van der Waals surface area contributed by atoms with Crippen LogP contribution in [0.1, 0.15) is 6.92 Å². The van der Waals surface area contributed by atoms with E-state index in [-0.39, 0.29) is 5.91 Å². The molecule has 3 nitrogen and oxygen atoms in total. The van der Waals surface area contributed by atoms with Gasteiger partial charge in [-0.3, -0.25) is 4.79 Å². The molecule has 1 saturated heterocycles. The highest BCUT2D eigenvalue weighted by Gasteiger charge is 2.56. The van der Waals surface area contributed by atoms with E-state index in [1.54, 1.807) is 11.8 Å². The molecule has 2 fully saturated rings. The molecule has 0 aromatic rings. The minimum atomic E-state index is 0.280. The summed E-state index contributed by atoms with van der Waals surface area (Å²) in [6.45, 7) is 5.03. The van der Waals surface area contributed by atoms with Crippen molar-refractivity contribution in [1.29, 1.82) is 0 Å². The lowest BCUT2D eigenvalue weighted by atomic mass is 10.2. The molecule has 14 heavy (non-hydrogen) atoms. The molecule has 0 bridgehead atoms. The second-order valence-electron chi connectivity index (χ2n) is 4.30. The third kappa shape index (κ3) is 1.91. The van der Waals surface area contributed by atoms with E-state index in [0.717, 1.165) is 19.6 Å². The topological polar surface area (TPSA) is 41.1 Å². The number of hydrogen-bond donors (Lipinski definition) is 2. The molecular weight excluding hydrogens is 196 g/mol. The molecule has 1 amide bonds. The van der Waals surface area contributed by atoms with Crippen LogP contribution in [-0.2, 0) is 4.79 Å². The zero-order chi connectivity index (χ0) is 10.1. The van der Waals surface area contributed by atoms with Crippen LogP contribution in [-0.4, -0.2) is 37.0 Å². The fourth-order valence-electron chi connectivity index (χ4n) is 2.25. The van der Waals surface area contributed by atoms with Gasteiger partial charge in [-0.05, 0) is 31.2 Å². The maximum Gasteiger partial charge on any atom is 0.223 e. The third-order valence-electron chi connectivity index (χ3n) is 3.36. The van der Waals surface area contributed by atoms with Gasteiger partial charge in [0, 0.05) is 17.7 Å². The van der Waals surface area contributed by atoms with E-state index in [1.165, 1.54) is 0 Å². The van der Waals surface area contributed by atoms with Crippen molar-refractivity contribution in [3.05, 3.63) is 0 Å². The molecule has 0 aromatic carbocycles. The molecule has 0 radical (unpaired) electrons. The monoisotopic (exact) mass is 214 g/mol. The Kier molecular flexibility index (Phi) is 3.02. The van der Waals surface area contributed by atoms with Gasteiger partial charge in [-0.1, -0.05) is 6.92 Å². The maximum atomic E-state index is 11.7. The Labute approximate surface area is 89.4 Å². The molecule has 2 N–H and O–H groups in total. The summed E-state index contributed by atoms with van der Waals surface area (Å²) < 4.78 is 0. The number of rotatable bonds is 4. The minimum absolute atomic E-state index is 0.280. The molecule has 1 aliphatic carbocycles. The van der Waals surface area contributed by atoms with E-state index in [9.17, 15) is 4.79 Å². The summed E-state index contributed by atoms with van der Waals surface area (Å²) in [6, 6.07) is 0. The first kappa shape index (κ1) is 10.3. The van der Waals surface area contributed by atoms with Crippen molar-refractivity contribution in [3.63, 3.8) is 0 Å². The van der Waals surface area contributed by atoms with Crippen LogP contribution in [0.4, 0.5) is 0 Å². The Bertz CT molecular complexity index is 224. The van der Waals surface area contributed by atoms with Gasteiger partial charge in [0.2, 0.25) is 5.91 Å². The van der Waals surface area contributed by atoms with E-state index in [0.29, 0.717) is 23.0 Å². The standard InChI is InChI=1S/C10H18N2OS/c1-6(14-2)3-12-10(13)9-7-4-11-5-8(7)9/h6-9,11H,3-5H2,1-2H3,(H,12,13). The number of amides is 1. The van der Waals surface area contributed by atoms with Crippen molar-refractivity contribution >= 4 is 17.7 Å². The van der Waals surface area contributed by atoms with Crippen molar-refractivity contribution in [2.45, 2.75) is 12.2 Å². The highest BCUT2D eigenvalue weighted by Crippen LogP contribution is 2.48. The number of thioether (sulfide) groups is 1. The molecule has 80 valence electrons. The first-order valence-corrected chi connectivity index (χ1v) is 6.54. The highest BCUT2D eigenvalue weighted by molar-refractivity contribution is 7.99. The van der Waals surface area contributed by atoms with Gasteiger partial charge in [0.05, 0.1) is 0 Å². The fraction of sp³-hybridized carbons (Fsp3) is 0.900. The summed E-state index contributed by atoms with van der Waals surface area (Å²) >= 11 is 1.79. The van der Waals surface area contributed by atoms with Gasteiger partial charge in [-0.15, -0.1) is 0 Å². The number of nitrogens with one attached hydrogen (secondary N) is 2. The van der Waals surface area contributed by atoms with Crippen molar-refractivity contribution < 1.29 is 4.79 Å². The van der Waals surface area contributed by atoms with Gasteiger partial charge in [0.25, 0.3) is 0 Å². The van der Waals surface area contributed by atoms with E-state index in [2.05, 4.69) is 23.8 Å². The molecule has 0 aromatic heterocycles. The lowest BCUT2D eigenvalue weighted by Crippen LogP contribution is -2.33. The van der Waals surface area contributed by atoms with Crippen LogP contribution < -0.4 is 10.6 Å². The molecule has 3 atom stereocenters. The lowest BCUT2D eigenvalue weighted by molar-refractivity contribution is -0.122. The number of fused-ring (bicyclic) bond motifs is 1. The van der Waals surface area contributed by atoms with Gasteiger partial charge in [-0.25, -0.2) is 0 Å². The summed E-state index contributed by atoms with van der Waals surface area (Å²) in [4.78, 5) is 11.7. The Balaban J connectivity index is 1.70. The van der Waals surface area contributed by atoms with Crippen molar-refractivity contribution in [2.75, 3.05) is 25.9 Å². The molecule has 1 heterocycles. The van der Waals surface area contributed by atoms with Gasteiger partial charge >= 0.3 is 0 Å². The summed E-state index contributed by atoms with van der Waals surface area (Å²) in [5, 5.41) is 6.86. The third-order valence-corrected chi connectivity index (χ3v) is 4.33. The van der Waals surface area contributed by atoms with Crippen molar-refractivity contribution in [3.8, 4) is 0 Å². The number of carbonyl (C=O) groups is 1. The van der Waals surface area contributed by atoms with Crippen LogP contribution in [0.15, 0.2) is 0 Å². The van der Waals surface area contributed by atoms with E-state index < -0.39 is 0 Å². The van der Waals surface area contributed by atoms with Crippen LogP contribution >= 0.6 is 11.8 Å². The second-order valence-corrected chi connectivity index (χ2v) is 5.58.